The van der Waals surface area contributed by atoms with Crippen molar-refractivity contribution in [3.05, 3.63) is 32.8 Å². The number of carboxylic acids is 1. The van der Waals surface area contributed by atoms with Crippen LogP contribution in [-0.4, -0.2) is 28.9 Å². The van der Waals surface area contributed by atoms with Gasteiger partial charge in [-0.15, -0.1) is 12.4 Å². The minimum Gasteiger partial charge on any atom is -0.480 e. The molecule has 1 aromatic rings. The second-order valence-corrected chi connectivity index (χ2v) is 3.31. The minimum atomic E-state index is -1.23. The molecule has 0 atom stereocenters. The van der Waals surface area contributed by atoms with Crippen molar-refractivity contribution in [3.63, 3.8) is 0 Å². The summed E-state index contributed by atoms with van der Waals surface area (Å²) in [6.45, 7) is -0.657. The molecule has 0 aliphatic carbocycles. The van der Waals surface area contributed by atoms with Crippen LogP contribution in [-0.2, 0) is 4.79 Å². The first-order chi connectivity index (χ1) is 7.95. The monoisotopic (exact) mass is 295 g/mol. The largest absolute Gasteiger partial charge is 0.480 e. The highest BCUT2D eigenvalue weighted by Crippen LogP contribution is 2.31. The predicted molar refractivity (Wildman–Crippen MR) is 63.9 cm³/mol. The molecule has 0 aliphatic rings. The Bertz CT molecular complexity index is 490. The normalized spacial score (nSPS) is 9.17. The maximum atomic E-state index is 10.6. The highest BCUT2D eigenvalue weighted by Gasteiger charge is 2.18. The molecule has 0 radical (unpaired) electrons. The SMILES string of the molecule is Cl.O=Cc1cc(OCC(=O)O)c(Cl)cc1[N+](=O)[O-]. The lowest BCUT2D eigenvalue weighted by atomic mass is 10.2. The van der Waals surface area contributed by atoms with Crippen LogP contribution in [0.2, 0.25) is 5.02 Å². The fraction of sp³-hybridized carbons (Fsp3) is 0.111. The summed E-state index contributed by atoms with van der Waals surface area (Å²) in [4.78, 5) is 30.7. The molecule has 9 heteroatoms. The Balaban J connectivity index is 0.00000289. The Morgan fingerprint density at radius 3 is 2.61 bits per heavy atom. The number of nitro benzene ring substituents is 1. The van der Waals surface area contributed by atoms with Gasteiger partial charge in [0.2, 0.25) is 0 Å². The van der Waals surface area contributed by atoms with Crippen LogP contribution in [0.15, 0.2) is 12.1 Å². The molecule has 1 N–H and O–H groups in total. The molecule has 18 heavy (non-hydrogen) atoms. The van der Waals surface area contributed by atoms with Crippen molar-refractivity contribution in [1.29, 1.82) is 0 Å². The lowest BCUT2D eigenvalue weighted by Gasteiger charge is -2.06. The first-order valence-electron chi connectivity index (χ1n) is 4.23. The molecule has 98 valence electrons. The number of aldehydes is 1. The Hall–Kier alpha value is -1.86. The summed E-state index contributed by atoms with van der Waals surface area (Å²) < 4.78 is 4.76. The number of nitro groups is 1. The van der Waals surface area contributed by atoms with Crippen molar-refractivity contribution in [2.75, 3.05) is 6.61 Å². The van der Waals surface area contributed by atoms with E-state index in [1.807, 2.05) is 0 Å². The smallest absolute Gasteiger partial charge is 0.341 e. The topological polar surface area (TPSA) is 107 Å². The number of benzene rings is 1. The molecule has 1 aromatic carbocycles. The maximum Gasteiger partial charge on any atom is 0.341 e. The van der Waals surface area contributed by atoms with Gasteiger partial charge in [-0.05, 0) is 6.07 Å². The van der Waals surface area contributed by atoms with Crippen LogP contribution in [0.1, 0.15) is 10.4 Å². The van der Waals surface area contributed by atoms with Crippen molar-refractivity contribution in [3.8, 4) is 5.75 Å². The zero-order chi connectivity index (χ0) is 13.0. The molecule has 0 heterocycles. The van der Waals surface area contributed by atoms with E-state index in [1.165, 1.54) is 0 Å². The quantitative estimate of drug-likeness (QED) is 0.505. The van der Waals surface area contributed by atoms with Crippen molar-refractivity contribution >= 4 is 42.0 Å². The Morgan fingerprint density at radius 1 is 1.56 bits per heavy atom. The van der Waals surface area contributed by atoms with Crippen LogP contribution in [0.3, 0.4) is 0 Å². The molecule has 0 saturated carbocycles. The van der Waals surface area contributed by atoms with Gasteiger partial charge in [0.1, 0.15) is 5.75 Å². The maximum absolute atomic E-state index is 10.6. The van der Waals surface area contributed by atoms with Gasteiger partial charge in [-0.3, -0.25) is 14.9 Å². The number of nitrogens with zero attached hydrogens (tertiary/aromatic N) is 1. The van der Waals surface area contributed by atoms with Gasteiger partial charge in [0.05, 0.1) is 15.5 Å². The average molecular weight is 296 g/mol. The molecule has 1 rings (SSSR count). The molecule has 0 saturated heterocycles. The predicted octanol–water partition coefficient (Wildman–Crippen LogP) is 1.95. The number of halogens is 2. The number of ether oxygens (including phenoxy) is 1. The van der Waals surface area contributed by atoms with Crippen LogP contribution < -0.4 is 4.74 Å². The Morgan fingerprint density at radius 2 is 2.17 bits per heavy atom. The molecule has 0 bridgehead atoms. The number of carboxylic acid groups (broad SMARTS) is 1. The van der Waals surface area contributed by atoms with E-state index >= 15 is 0 Å². The number of carbonyl (C=O) groups is 2. The van der Waals surface area contributed by atoms with E-state index in [0.717, 1.165) is 12.1 Å². The van der Waals surface area contributed by atoms with Crippen molar-refractivity contribution < 1.29 is 24.4 Å². The zero-order valence-corrected chi connectivity index (χ0v) is 10.2. The standard InChI is InChI=1S/C9H6ClNO6.ClH/c10-6-2-7(11(15)16)5(3-12)1-8(6)17-4-9(13)14;/h1-3H,4H2,(H,13,14);1H. The van der Waals surface area contributed by atoms with E-state index < -0.39 is 23.2 Å². The molecule has 0 fully saturated rings. The first-order valence-corrected chi connectivity index (χ1v) is 4.61. The third-order valence-electron chi connectivity index (χ3n) is 1.76. The van der Waals surface area contributed by atoms with E-state index in [2.05, 4.69) is 0 Å². The summed E-state index contributed by atoms with van der Waals surface area (Å²) in [5.74, 6) is -1.33. The third kappa shape index (κ3) is 3.86. The minimum absolute atomic E-state index is 0. The molecule has 0 aromatic heterocycles. The lowest BCUT2D eigenvalue weighted by molar-refractivity contribution is -0.385. The van der Waals surface area contributed by atoms with Crippen LogP contribution >= 0.6 is 24.0 Å². The van der Waals surface area contributed by atoms with E-state index in [9.17, 15) is 19.7 Å². The van der Waals surface area contributed by atoms with Crippen molar-refractivity contribution in [2.24, 2.45) is 0 Å². The molecule has 0 spiro atoms. The molecule has 0 unspecified atom stereocenters. The highest BCUT2D eigenvalue weighted by atomic mass is 35.5. The fourth-order valence-electron chi connectivity index (χ4n) is 1.06. The van der Waals surface area contributed by atoms with Gasteiger partial charge >= 0.3 is 5.97 Å². The average Bonchev–Trinajstić information content (AvgIpc) is 2.26. The number of hydrogen-bond acceptors (Lipinski definition) is 5. The van der Waals surface area contributed by atoms with Gasteiger partial charge in [-0.25, -0.2) is 4.79 Å². The number of hydrogen-bond donors (Lipinski definition) is 1. The van der Waals surface area contributed by atoms with Gasteiger partial charge in [0, 0.05) is 6.07 Å². The summed E-state index contributed by atoms with van der Waals surface area (Å²) >= 11 is 5.65. The van der Waals surface area contributed by atoms with E-state index in [4.69, 9.17) is 21.4 Å². The van der Waals surface area contributed by atoms with Crippen LogP contribution in [0, 0.1) is 10.1 Å². The van der Waals surface area contributed by atoms with Gasteiger partial charge in [-0.1, -0.05) is 11.6 Å². The molecule has 0 aliphatic heterocycles. The second-order valence-electron chi connectivity index (χ2n) is 2.90. The second kappa shape index (κ2) is 6.77. The van der Waals surface area contributed by atoms with Crippen molar-refractivity contribution in [2.45, 2.75) is 0 Å². The molecule has 0 amide bonds. The van der Waals surface area contributed by atoms with E-state index in [0.29, 0.717) is 0 Å². The molecular formula is C9H7Cl2NO6. The summed E-state index contributed by atoms with van der Waals surface area (Å²) in [6, 6.07) is 1.96. The van der Waals surface area contributed by atoms with E-state index in [-0.39, 0.29) is 35.0 Å². The van der Waals surface area contributed by atoms with Crippen LogP contribution in [0.25, 0.3) is 0 Å². The number of carbonyl (C=O) groups excluding carboxylic acids is 1. The van der Waals surface area contributed by atoms with E-state index in [1.54, 1.807) is 0 Å². The van der Waals surface area contributed by atoms with Crippen LogP contribution in [0.4, 0.5) is 5.69 Å². The van der Waals surface area contributed by atoms with Gasteiger partial charge < -0.3 is 9.84 Å². The zero-order valence-electron chi connectivity index (χ0n) is 8.66. The fourth-order valence-corrected chi connectivity index (χ4v) is 1.27. The van der Waals surface area contributed by atoms with Gasteiger partial charge in [-0.2, -0.15) is 0 Å². The summed E-state index contributed by atoms with van der Waals surface area (Å²) in [7, 11) is 0. The summed E-state index contributed by atoms with van der Waals surface area (Å²) in [5, 5.41) is 18.8. The molecular weight excluding hydrogens is 289 g/mol. The van der Waals surface area contributed by atoms with Crippen LogP contribution in [0.5, 0.6) is 5.75 Å². The number of rotatable bonds is 5. The third-order valence-corrected chi connectivity index (χ3v) is 2.05. The Labute approximate surface area is 112 Å². The molecule has 7 nitrogen and oxygen atoms in total. The van der Waals surface area contributed by atoms with Crippen molar-refractivity contribution in [1.82, 2.24) is 0 Å². The highest BCUT2D eigenvalue weighted by molar-refractivity contribution is 6.32. The van der Waals surface area contributed by atoms with Gasteiger partial charge in [0.15, 0.2) is 12.9 Å². The Kier molecular flexibility index (Phi) is 6.07. The first kappa shape index (κ1) is 16.1. The lowest BCUT2D eigenvalue weighted by Crippen LogP contribution is -2.10. The summed E-state index contributed by atoms with van der Waals surface area (Å²) in [5.41, 5.74) is -0.701. The number of aliphatic carboxylic acids is 1. The summed E-state index contributed by atoms with van der Waals surface area (Å²) in [6.07, 6.45) is 0.266. The van der Waals surface area contributed by atoms with Gasteiger partial charge in [0.25, 0.3) is 5.69 Å².